The fourth-order valence-electron chi connectivity index (χ4n) is 2.06. The van der Waals surface area contributed by atoms with Crippen LogP contribution in [-0.4, -0.2) is 21.0 Å². The second-order valence-electron chi connectivity index (χ2n) is 4.71. The fourth-order valence-corrected chi connectivity index (χ4v) is 2.06. The van der Waals surface area contributed by atoms with Crippen molar-refractivity contribution in [3.8, 4) is 5.69 Å². The quantitative estimate of drug-likeness (QED) is 0.572. The van der Waals surface area contributed by atoms with Crippen LogP contribution in [0.2, 0.25) is 0 Å². The van der Waals surface area contributed by atoms with Crippen molar-refractivity contribution in [1.82, 2.24) is 14.8 Å². The third kappa shape index (κ3) is 2.80. The number of benzene rings is 1. The Balaban J connectivity index is 1.86. The zero-order chi connectivity index (χ0) is 15.4. The molecule has 0 saturated carbocycles. The van der Waals surface area contributed by atoms with E-state index in [2.05, 4.69) is 20.6 Å². The van der Waals surface area contributed by atoms with Crippen molar-refractivity contribution in [2.24, 2.45) is 5.10 Å². The Hall–Kier alpha value is -3.15. The molecule has 1 aromatic carbocycles. The molecule has 0 atom stereocenters. The summed E-state index contributed by atoms with van der Waals surface area (Å²) in [5.74, 6) is 0.621. The molecule has 6 heteroatoms. The van der Waals surface area contributed by atoms with Crippen molar-refractivity contribution >= 4 is 12.0 Å². The summed E-state index contributed by atoms with van der Waals surface area (Å²) < 4.78 is 1.50. The standard InChI is InChI=1S/C16H15N5O/c1-12-14(11-18-19-15-9-5-6-10-17-15)16(22)21(20-12)13-7-3-2-4-8-13/h2-11,20H,1H3,(H,17,19)/b18-11+. The van der Waals surface area contributed by atoms with Crippen LogP contribution in [0.25, 0.3) is 5.69 Å². The lowest BCUT2D eigenvalue weighted by Gasteiger charge is -1.99. The van der Waals surface area contributed by atoms with Gasteiger partial charge in [0.15, 0.2) is 0 Å². The van der Waals surface area contributed by atoms with Gasteiger partial charge in [0.2, 0.25) is 0 Å². The number of aromatic nitrogens is 3. The van der Waals surface area contributed by atoms with Crippen LogP contribution in [0.1, 0.15) is 11.3 Å². The highest BCUT2D eigenvalue weighted by Crippen LogP contribution is 2.06. The van der Waals surface area contributed by atoms with Crippen molar-refractivity contribution in [2.45, 2.75) is 6.92 Å². The lowest BCUT2D eigenvalue weighted by molar-refractivity contribution is 0.835. The molecule has 3 rings (SSSR count). The molecule has 2 N–H and O–H groups in total. The number of para-hydroxylation sites is 1. The predicted octanol–water partition coefficient (Wildman–Crippen LogP) is 2.32. The summed E-state index contributed by atoms with van der Waals surface area (Å²) in [4.78, 5) is 16.5. The van der Waals surface area contributed by atoms with Crippen LogP contribution >= 0.6 is 0 Å². The molecule has 0 bridgehead atoms. The normalized spacial score (nSPS) is 11.0. The molecule has 3 aromatic rings. The van der Waals surface area contributed by atoms with Crippen LogP contribution < -0.4 is 11.0 Å². The average molecular weight is 293 g/mol. The van der Waals surface area contributed by atoms with Crippen LogP contribution in [0.3, 0.4) is 0 Å². The van der Waals surface area contributed by atoms with Crippen LogP contribution in [0.4, 0.5) is 5.82 Å². The zero-order valence-corrected chi connectivity index (χ0v) is 12.0. The molecule has 6 nitrogen and oxygen atoms in total. The maximum absolute atomic E-state index is 12.4. The van der Waals surface area contributed by atoms with Crippen molar-refractivity contribution in [3.05, 3.63) is 76.3 Å². The molecule has 110 valence electrons. The molecule has 2 aromatic heterocycles. The SMILES string of the molecule is Cc1[nH]n(-c2ccccc2)c(=O)c1/C=N/Nc1ccccn1. The van der Waals surface area contributed by atoms with Gasteiger partial charge in [-0.1, -0.05) is 24.3 Å². The molecule has 0 unspecified atom stereocenters. The molecule has 0 aliphatic rings. The number of hydrogen-bond donors (Lipinski definition) is 2. The monoisotopic (exact) mass is 293 g/mol. The number of nitrogens with zero attached hydrogens (tertiary/aromatic N) is 3. The molecule has 22 heavy (non-hydrogen) atoms. The van der Waals surface area contributed by atoms with Gasteiger partial charge in [0.25, 0.3) is 5.56 Å². The van der Waals surface area contributed by atoms with E-state index < -0.39 is 0 Å². The number of nitrogens with one attached hydrogen (secondary N) is 2. The van der Waals surface area contributed by atoms with Gasteiger partial charge in [-0.25, -0.2) is 9.67 Å². The van der Waals surface area contributed by atoms with E-state index in [-0.39, 0.29) is 5.56 Å². The highest BCUT2D eigenvalue weighted by molar-refractivity contribution is 5.81. The minimum Gasteiger partial charge on any atom is -0.295 e. The Bertz CT molecular complexity index is 834. The lowest BCUT2D eigenvalue weighted by atomic mass is 10.3. The average Bonchev–Trinajstić information content (AvgIpc) is 2.85. The lowest BCUT2D eigenvalue weighted by Crippen LogP contribution is -2.17. The number of rotatable bonds is 4. The second-order valence-corrected chi connectivity index (χ2v) is 4.71. The first kappa shape index (κ1) is 13.8. The molecular weight excluding hydrogens is 278 g/mol. The summed E-state index contributed by atoms with van der Waals surface area (Å²) in [6, 6.07) is 14.9. The molecule has 0 amide bonds. The largest absolute Gasteiger partial charge is 0.295 e. The summed E-state index contributed by atoms with van der Waals surface area (Å²) in [5, 5.41) is 7.12. The Labute approximate surface area is 127 Å². The smallest absolute Gasteiger partial charge is 0.280 e. The van der Waals surface area contributed by atoms with E-state index in [1.54, 1.807) is 12.3 Å². The van der Waals surface area contributed by atoms with Gasteiger partial charge in [-0.15, -0.1) is 0 Å². The van der Waals surface area contributed by atoms with Crippen LogP contribution in [0, 0.1) is 6.92 Å². The Morgan fingerprint density at radius 3 is 2.68 bits per heavy atom. The first-order valence-corrected chi connectivity index (χ1v) is 6.83. The molecule has 0 fully saturated rings. The van der Waals surface area contributed by atoms with Crippen molar-refractivity contribution in [2.75, 3.05) is 5.43 Å². The summed E-state index contributed by atoms with van der Waals surface area (Å²) in [7, 11) is 0. The van der Waals surface area contributed by atoms with E-state index >= 15 is 0 Å². The number of pyridine rings is 1. The number of anilines is 1. The van der Waals surface area contributed by atoms with E-state index in [0.29, 0.717) is 11.4 Å². The molecule has 2 heterocycles. The van der Waals surface area contributed by atoms with Crippen LogP contribution in [0.5, 0.6) is 0 Å². The van der Waals surface area contributed by atoms with Gasteiger partial charge in [-0.05, 0) is 31.2 Å². The molecule has 0 aliphatic heterocycles. The van der Waals surface area contributed by atoms with E-state index in [0.717, 1.165) is 11.4 Å². The number of aryl methyl sites for hydroxylation is 1. The first-order chi connectivity index (χ1) is 10.8. The van der Waals surface area contributed by atoms with Crippen LogP contribution in [0.15, 0.2) is 64.6 Å². The molecule has 0 aliphatic carbocycles. The number of hydrazone groups is 1. The molecule has 0 spiro atoms. The van der Waals surface area contributed by atoms with Gasteiger partial charge in [0, 0.05) is 11.9 Å². The summed E-state index contributed by atoms with van der Waals surface area (Å²) in [6.45, 7) is 1.84. The third-order valence-electron chi connectivity index (χ3n) is 3.17. The Kier molecular flexibility index (Phi) is 3.82. The number of H-pyrrole nitrogens is 1. The second kappa shape index (κ2) is 6.09. The van der Waals surface area contributed by atoms with Gasteiger partial charge < -0.3 is 0 Å². The van der Waals surface area contributed by atoms with Gasteiger partial charge >= 0.3 is 0 Å². The molecular formula is C16H15N5O. The minimum atomic E-state index is -0.143. The summed E-state index contributed by atoms with van der Waals surface area (Å²) in [5.41, 5.74) is 4.69. The fraction of sp³-hybridized carbons (Fsp3) is 0.0625. The van der Waals surface area contributed by atoms with Crippen molar-refractivity contribution in [3.63, 3.8) is 0 Å². The third-order valence-corrected chi connectivity index (χ3v) is 3.17. The summed E-state index contributed by atoms with van der Waals surface area (Å²) in [6.07, 6.45) is 3.17. The Morgan fingerprint density at radius 1 is 1.18 bits per heavy atom. The van der Waals surface area contributed by atoms with E-state index in [9.17, 15) is 4.79 Å². The van der Waals surface area contributed by atoms with E-state index in [1.807, 2.05) is 49.4 Å². The van der Waals surface area contributed by atoms with Gasteiger partial charge in [0.1, 0.15) is 5.82 Å². The first-order valence-electron chi connectivity index (χ1n) is 6.83. The molecule has 0 radical (unpaired) electrons. The van der Waals surface area contributed by atoms with E-state index in [1.165, 1.54) is 10.9 Å². The van der Waals surface area contributed by atoms with Gasteiger partial charge in [0.05, 0.1) is 17.5 Å². The Morgan fingerprint density at radius 2 is 1.95 bits per heavy atom. The number of hydrogen-bond acceptors (Lipinski definition) is 4. The van der Waals surface area contributed by atoms with Gasteiger partial charge in [-0.3, -0.25) is 15.3 Å². The van der Waals surface area contributed by atoms with E-state index in [4.69, 9.17) is 0 Å². The highest BCUT2D eigenvalue weighted by Gasteiger charge is 2.10. The predicted molar refractivity (Wildman–Crippen MR) is 86.6 cm³/mol. The number of aromatic amines is 1. The molecule has 0 saturated heterocycles. The summed E-state index contributed by atoms with van der Waals surface area (Å²) >= 11 is 0. The van der Waals surface area contributed by atoms with Gasteiger partial charge in [-0.2, -0.15) is 5.10 Å². The highest BCUT2D eigenvalue weighted by atomic mass is 16.1. The minimum absolute atomic E-state index is 0.143. The zero-order valence-electron chi connectivity index (χ0n) is 12.0. The maximum Gasteiger partial charge on any atom is 0.280 e. The van der Waals surface area contributed by atoms with Crippen LogP contribution in [-0.2, 0) is 0 Å². The van der Waals surface area contributed by atoms with Crippen molar-refractivity contribution in [1.29, 1.82) is 0 Å². The topological polar surface area (TPSA) is 75.1 Å². The maximum atomic E-state index is 12.4. The van der Waals surface area contributed by atoms with Crippen molar-refractivity contribution < 1.29 is 0 Å².